The molecule has 0 radical (unpaired) electrons. The van der Waals surface area contributed by atoms with Gasteiger partial charge in [0, 0.05) is 24.2 Å². The third kappa shape index (κ3) is 2.44. The van der Waals surface area contributed by atoms with E-state index in [1.807, 2.05) is 19.1 Å². The molecule has 0 amide bonds. The molecule has 0 unspecified atom stereocenters. The van der Waals surface area contributed by atoms with E-state index >= 15 is 0 Å². The van der Waals surface area contributed by atoms with Gasteiger partial charge in [0.05, 0.1) is 11.4 Å². The van der Waals surface area contributed by atoms with E-state index in [1.54, 1.807) is 0 Å². The molecule has 0 spiro atoms. The summed E-state index contributed by atoms with van der Waals surface area (Å²) in [7, 11) is 0. The van der Waals surface area contributed by atoms with Crippen molar-refractivity contribution in [3.63, 3.8) is 0 Å². The van der Waals surface area contributed by atoms with Crippen LogP contribution in [0.4, 0.5) is 0 Å². The van der Waals surface area contributed by atoms with Gasteiger partial charge in [-0.2, -0.15) is 10.2 Å². The van der Waals surface area contributed by atoms with Crippen molar-refractivity contribution < 1.29 is 0 Å². The second kappa shape index (κ2) is 4.27. The largest absolute Gasteiger partial charge is 0.330 e. The molecule has 0 bridgehead atoms. The monoisotopic (exact) mass is 205 g/mol. The van der Waals surface area contributed by atoms with E-state index in [-0.39, 0.29) is 0 Å². The number of aromatic amines is 2. The highest BCUT2D eigenvalue weighted by molar-refractivity contribution is 5.17. The SMILES string of the molecule is Cc1cc(Cc2cc(CCN)n[nH]2)n[nH]1. The van der Waals surface area contributed by atoms with Crippen molar-refractivity contribution in [2.24, 2.45) is 5.73 Å². The zero-order valence-electron chi connectivity index (χ0n) is 8.75. The van der Waals surface area contributed by atoms with Crippen LogP contribution < -0.4 is 5.73 Å². The molecule has 2 aromatic heterocycles. The van der Waals surface area contributed by atoms with Gasteiger partial charge >= 0.3 is 0 Å². The lowest BCUT2D eigenvalue weighted by atomic mass is 10.2. The van der Waals surface area contributed by atoms with Crippen molar-refractivity contribution in [1.82, 2.24) is 20.4 Å². The van der Waals surface area contributed by atoms with Crippen LogP contribution in [-0.4, -0.2) is 26.9 Å². The number of aryl methyl sites for hydroxylation is 1. The highest BCUT2D eigenvalue weighted by atomic mass is 15.1. The summed E-state index contributed by atoms with van der Waals surface area (Å²) in [6.45, 7) is 2.62. The van der Waals surface area contributed by atoms with Crippen LogP contribution in [0.5, 0.6) is 0 Å². The number of aromatic nitrogens is 4. The lowest BCUT2D eigenvalue weighted by Crippen LogP contribution is -2.02. The Morgan fingerprint density at radius 3 is 2.67 bits per heavy atom. The molecular formula is C10H15N5. The van der Waals surface area contributed by atoms with Gasteiger partial charge in [-0.1, -0.05) is 0 Å². The van der Waals surface area contributed by atoms with E-state index in [2.05, 4.69) is 20.4 Å². The first kappa shape index (κ1) is 9.92. The molecule has 2 rings (SSSR count). The fraction of sp³-hybridized carbons (Fsp3) is 0.400. The predicted octanol–water partition coefficient (Wildman–Crippen LogP) is 0.533. The third-order valence-corrected chi connectivity index (χ3v) is 2.21. The molecule has 2 aromatic rings. The summed E-state index contributed by atoms with van der Waals surface area (Å²) in [5.41, 5.74) is 9.64. The molecule has 0 atom stereocenters. The number of nitrogens with one attached hydrogen (secondary N) is 2. The average Bonchev–Trinajstić information content (AvgIpc) is 2.78. The first-order chi connectivity index (χ1) is 7.28. The number of hydrogen-bond donors (Lipinski definition) is 3. The van der Waals surface area contributed by atoms with Crippen LogP contribution in [0.1, 0.15) is 22.8 Å². The molecule has 4 N–H and O–H groups in total. The molecule has 2 heterocycles. The van der Waals surface area contributed by atoms with Gasteiger partial charge < -0.3 is 5.73 Å². The molecule has 0 saturated carbocycles. The summed E-state index contributed by atoms with van der Waals surface area (Å²) in [5, 5.41) is 14.2. The van der Waals surface area contributed by atoms with Crippen molar-refractivity contribution in [3.8, 4) is 0 Å². The Balaban J connectivity index is 2.04. The lowest BCUT2D eigenvalue weighted by Gasteiger charge is -1.90. The van der Waals surface area contributed by atoms with Gasteiger partial charge in [0.1, 0.15) is 0 Å². The van der Waals surface area contributed by atoms with Gasteiger partial charge in [0.15, 0.2) is 0 Å². The van der Waals surface area contributed by atoms with E-state index < -0.39 is 0 Å². The molecule has 80 valence electrons. The fourth-order valence-corrected chi connectivity index (χ4v) is 1.54. The van der Waals surface area contributed by atoms with Gasteiger partial charge in [-0.15, -0.1) is 0 Å². The quantitative estimate of drug-likeness (QED) is 0.681. The fourth-order valence-electron chi connectivity index (χ4n) is 1.54. The van der Waals surface area contributed by atoms with Crippen molar-refractivity contribution >= 4 is 0 Å². The molecule has 0 aliphatic heterocycles. The number of rotatable bonds is 4. The first-order valence-electron chi connectivity index (χ1n) is 5.02. The van der Waals surface area contributed by atoms with Gasteiger partial charge in [0.2, 0.25) is 0 Å². The predicted molar refractivity (Wildman–Crippen MR) is 57.5 cm³/mol. The molecule has 0 saturated heterocycles. The molecule has 0 aromatic carbocycles. The van der Waals surface area contributed by atoms with Crippen molar-refractivity contribution in [1.29, 1.82) is 0 Å². The number of H-pyrrole nitrogens is 2. The summed E-state index contributed by atoms with van der Waals surface area (Å²) in [6, 6.07) is 4.07. The second-order valence-corrected chi connectivity index (χ2v) is 3.64. The van der Waals surface area contributed by atoms with Crippen molar-refractivity contribution in [2.45, 2.75) is 19.8 Å². The summed E-state index contributed by atoms with van der Waals surface area (Å²) in [4.78, 5) is 0. The van der Waals surface area contributed by atoms with E-state index in [9.17, 15) is 0 Å². The summed E-state index contributed by atoms with van der Waals surface area (Å²) < 4.78 is 0. The number of nitrogens with zero attached hydrogens (tertiary/aromatic N) is 2. The van der Waals surface area contributed by atoms with Crippen LogP contribution in [0, 0.1) is 6.92 Å². The highest BCUT2D eigenvalue weighted by Crippen LogP contribution is 2.07. The Kier molecular flexibility index (Phi) is 2.82. The molecule has 15 heavy (non-hydrogen) atoms. The van der Waals surface area contributed by atoms with Crippen LogP contribution in [0.2, 0.25) is 0 Å². The van der Waals surface area contributed by atoms with Crippen LogP contribution >= 0.6 is 0 Å². The van der Waals surface area contributed by atoms with E-state index in [0.717, 1.165) is 35.6 Å². The van der Waals surface area contributed by atoms with E-state index in [0.29, 0.717) is 6.54 Å². The van der Waals surface area contributed by atoms with Gasteiger partial charge in [0.25, 0.3) is 0 Å². The topological polar surface area (TPSA) is 83.4 Å². The Morgan fingerprint density at radius 1 is 1.20 bits per heavy atom. The zero-order chi connectivity index (χ0) is 10.7. The minimum Gasteiger partial charge on any atom is -0.330 e. The van der Waals surface area contributed by atoms with Crippen LogP contribution in [0.15, 0.2) is 12.1 Å². The highest BCUT2D eigenvalue weighted by Gasteiger charge is 2.03. The average molecular weight is 205 g/mol. The maximum Gasteiger partial charge on any atom is 0.0684 e. The number of hydrogen-bond acceptors (Lipinski definition) is 3. The van der Waals surface area contributed by atoms with Crippen molar-refractivity contribution in [2.75, 3.05) is 6.54 Å². The summed E-state index contributed by atoms with van der Waals surface area (Å²) >= 11 is 0. The minimum absolute atomic E-state index is 0.631. The Bertz CT molecular complexity index is 428. The normalized spacial score (nSPS) is 10.8. The Morgan fingerprint density at radius 2 is 2.00 bits per heavy atom. The Hall–Kier alpha value is -1.62. The van der Waals surface area contributed by atoms with Gasteiger partial charge in [-0.3, -0.25) is 10.2 Å². The Labute approximate surface area is 88.1 Å². The maximum atomic E-state index is 5.45. The second-order valence-electron chi connectivity index (χ2n) is 3.64. The molecule has 0 fully saturated rings. The van der Waals surface area contributed by atoms with Crippen molar-refractivity contribution in [3.05, 3.63) is 34.9 Å². The molecule has 0 aliphatic carbocycles. The summed E-state index contributed by atoms with van der Waals surface area (Å²) in [6.07, 6.45) is 1.60. The van der Waals surface area contributed by atoms with E-state index in [4.69, 9.17) is 5.73 Å². The zero-order valence-corrected chi connectivity index (χ0v) is 8.75. The van der Waals surface area contributed by atoms with Crippen LogP contribution in [-0.2, 0) is 12.8 Å². The van der Waals surface area contributed by atoms with Crippen LogP contribution in [0.25, 0.3) is 0 Å². The number of nitrogens with two attached hydrogens (primary N) is 1. The lowest BCUT2D eigenvalue weighted by molar-refractivity contribution is 0.889. The van der Waals surface area contributed by atoms with Gasteiger partial charge in [-0.25, -0.2) is 0 Å². The van der Waals surface area contributed by atoms with Gasteiger partial charge in [-0.05, 0) is 25.6 Å². The summed E-state index contributed by atoms with van der Waals surface area (Å²) in [5.74, 6) is 0. The molecule has 0 aliphatic rings. The molecule has 5 heteroatoms. The smallest absolute Gasteiger partial charge is 0.0684 e. The van der Waals surface area contributed by atoms with Crippen LogP contribution in [0.3, 0.4) is 0 Å². The standard InChI is InChI=1S/C10H15N5/c1-7-4-9(14-12-7)6-10-5-8(2-3-11)13-15-10/h4-5H,2-3,6,11H2,1H3,(H,12,14)(H,13,15). The maximum absolute atomic E-state index is 5.45. The molecule has 5 nitrogen and oxygen atoms in total. The minimum atomic E-state index is 0.631. The third-order valence-electron chi connectivity index (χ3n) is 2.21. The first-order valence-corrected chi connectivity index (χ1v) is 5.02. The van der Waals surface area contributed by atoms with E-state index in [1.165, 1.54) is 0 Å². The molecular weight excluding hydrogens is 190 g/mol.